The number of carbonyl (C=O) groups excluding carboxylic acids is 2. The normalized spacial score (nSPS) is 23.9. The maximum absolute atomic E-state index is 13.6. The van der Waals surface area contributed by atoms with Gasteiger partial charge in [-0.1, -0.05) is 12.1 Å². The van der Waals surface area contributed by atoms with E-state index in [4.69, 9.17) is 9.47 Å². The molecule has 7 rings (SSSR count). The molecule has 2 amide bonds. The molecule has 2 aliphatic heterocycles. The highest BCUT2D eigenvalue weighted by molar-refractivity contribution is 5.98. The number of carbonyl (C=O) groups is 2. The Hall–Kier alpha value is -4.05. The van der Waals surface area contributed by atoms with Gasteiger partial charge in [0.2, 0.25) is 0 Å². The van der Waals surface area contributed by atoms with Crippen LogP contribution in [0.15, 0.2) is 48.5 Å². The Bertz CT molecular complexity index is 1530. The van der Waals surface area contributed by atoms with Crippen molar-refractivity contribution in [3.8, 4) is 5.75 Å². The Morgan fingerprint density at radius 2 is 1.53 bits per heavy atom. The van der Waals surface area contributed by atoms with Crippen molar-refractivity contribution >= 4 is 33.8 Å². The van der Waals surface area contributed by atoms with Crippen molar-refractivity contribution in [2.75, 3.05) is 46.5 Å². The van der Waals surface area contributed by atoms with Crippen LogP contribution in [0.2, 0.25) is 0 Å². The van der Waals surface area contributed by atoms with Gasteiger partial charge in [0.15, 0.2) is 0 Å². The molecule has 3 aliphatic rings. The molecule has 1 N–H and O–H groups in total. The number of likely N-dealkylation sites (tertiary alicyclic amines) is 2. The molecule has 2 aromatic carbocycles. The molecule has 1 aliphatic carbocycles. The van der Waals surface area contributed by atoms with Crippen molar-refractivity contribution in [3.05, 3.63) is 59.8 Å². The zero-order valence-electron chi connectivity index (χ0n) is 21.0. The fraction of sp³-hybridized carbons (Fsp3) is 0.393. The van der Waals surface area contributed by atoms with Gasteiger partial charge in [0.25, 0.3) is 11.8 Å². The van der Waals surface area contributed by atoms with Crippen LogP contribution in [0.1, 0.15) is 20.8 Å². The first-order valence-corrected chi connectivity index (χ1v) is 13.0. The standard InChI is InChI=1S/C28H28N6O4/c1-37-8-9-38-26-11-25(29-22-5-3-2-4-17(22)26)28(36)34-14-20-18-12-33(13-19(18)21(20)15-34)27(35)16-6-7-23-24(10-16)31-32-30-23/h2-7,10-11,18-21H,8-9,12-15H2,1H3,(H,30,31,32)/t18-,19+,20?,21?. The number of hydrogen-bond donors (Lipinski definition) is 1. The van der Waals surface area contributed by atoms with E-state index in [0.717, 1.165) is 29.5 Å². The first-order valence-electron chi connectivity index (χ1n) is 13.0. The Kier molecular flexibility index (Phi) is 5.50. The van der Waals surface area contributed by atoms with E-state index >= 15 is 0 Å². The van der Waals surface area contributed by atoms with Gasteiger partial charge in [-0.3, -0.25) is 9.59 Å². The molecule has 10 nitrogen and oxygen atoms in total. The molecule has 1 saturated carbocycles. The third-order valence-electron chi connectivity index (χ3n) is 8.50. The largest absolute Gasteiger partial charge is 0.490 e. The number of hydrogen-bond acceptors (Lipinski definition) is 7. The van der Waals surface area contributed by atoms with E-state index in [1.165, 1.54) is 0 Å². The van der Waals surface area contributed by atoms with E-state index in [1.54, 1.807) is 19.2 Å². The Morgan fingerprint density at radius 1 is 0.842 bits per heavy atom. The zero-order valence-corrected chi connectivity index (χ0v) is 21.0. The van der Waals surface area contributed by atoms with Crippen LogP contribution in [0, 0.1) is 23.7 Å². The van der Waals surface area contributed by atoms with E-state index in [1.807, 2.05) is 46.2 Å². The summed E-state index contributed by atoms with van der Waals surface area (Å²) in [5.41, 5.74) is 3.22. The number of methoxy groups -OCH3 is 1. The lowest BCUT2D eigenvalue weighted by atomic mass is 9.60. The second-order valence-corrected chi connectivity index (χ2v) is 10.5. The highest BCUT2D eigenvalue weighted by Crippen LogP contribution is 2.54. The predicted octanol–water partition coefficient (Wildman–Crippen LogP) is 2.62. The topological polar surface area (TPSA) is 114 Å². The average Bonchev–Trinajstić information content (AvgIpc) is 3.66. The van der Waals surface area contributed by atoms with Crippen LogP contribution in [0.5, 0.6) is 5.75 Å². The summed E-state index contributed by atoms with van der Waals surface area (Å²) in [6.07, 6.45) is 0. The van der Waals surface area contributed by atoms with E-state index in [-0.39, 0.29) is 11.8 Å². The molecular weight excluding hydrogens is 484 g/mol. The van der Waals surface area contributed by atoms with Gasteiger partial charge in [0, 0.05) is 50.3 Å². The molecule has 3 fully saturated rings. The average molecular weight is 513 g/mol. The summed E-state index contributed by atoms with van der Waals surface area (Å²) in [6.45, 7) is 3.73. The third-order valence-corrected chi connectivity index (χ3v) is 8.50. The first-order chi connectivity index (χ1) is 18.6. The highest BCUT2D eigenvalue weighted by Gasteiger charge is 2.59. The van der Waals surface area contributed by atoms with Crippen molar-refractivity contribution in [3.63, 3.8) is 0 Å². The van der Waals surface area contributed by atoms with Gasteiger partial charge in [-0.25, -0.2) is 4.98 Å². The molecule has 194 valence electrons. The maximum atomic E-state index is 13.6. The predicted molar refractivity (Wildman–Crippen MR) is 139 cm³/mol. The molecule has 4 aromatic rings. The number of nitrogens with zero attached hydrogens (tertiary/aromatic N) is 5. The number of rotatable bonds is 6. The minimum Gasteiger partial charge on any atom is -0.490 e. The number of H-pyrrole nitrogens is 1. The van der Waals surface area contributed by atoms with E-state index in [9.17, 15) is 9.59 Å². The second kappa shape index (κ2) is 9.05. The minimum atomic E-state index is -0.0614. The quantitative estimate of drug-likeness (QED) is 0.395. The molecule has 10 heteroatoms. The van der Waals surface area contributed by atoms with Crippen molar-refractivity contribution in [1.29, 1.82) is 0 Å². The molecule has 4 heterocycles. The van der Waals surface area contributed by atoms with Gasteiger partial charge >= 0.3 is 0 Å². The summed E-state index contributed by atoms with van der Waals surface area (Å²) in [6, 6.07) is 14.9. The summed E-state index contributed by atoms with van der Waals surface area (Å²) < 4.78 is 11.1. The van der Waals surface area contributed by atoms with Crippen molar-refractivity contribution in [1.82, 2.24) is 30.2 Å². The third kappa shape index (κ3) is 3.70. The fourth-order valence-electron chi connectivity index (χ4n) is 6.63. The number of aromatic amines is 1. The number of ether oxygens (including phenoxy) is 2. The minimum absolute atomic E-state index is 0.0386. The summed E-state index contributed by atoms with van der Waals surface area (Å²) in [7, 11) is 1.63. The lowest BCUT2D eigenvalue weighted by Gasteiger charge is -2.42. The van der Waals surface area contributed by atoms with Gasteiger partial charge in [0.1, 0.15) is 29.1 Å². The summed E-state index contributed by atoms with van der Waals surface area (Å²) in [5, 5.41) is 11.6. The number of para-hydroxylation sites is 1. The van der Waals surface area contributed by atoms with Gasteiger partial charge < -0.3 is 19.3 Å². The van der Waals surface area contributed by atoms with Gasteiger partial charge in [-0.15, -0.1) is 0 Å². The van der Waals surface area contributed by atoms with Crippen molar-refractivity contribution < 1.29 is 19.1 Å². The fourth-order valence-corrected chi connectivity index (χ4v) is 6.63. The molecule has 0 radical (unpaired) electrons. The molecule has 38 heavy (non-hydrogen) atoms. The van der Waals surface area contributed by atoms with Gasteiger partial charge in [-0.05, 0) is 54.0 Å². The van der Waals surface area contributed by atoms with Crippen LogP contribution in [0.25, 0.3) is 21.9 Å². The number of aromatic nitrogens is 4. The number of nitrogens with one attached hydrogen (secondary N) is 1. The highest BCUT2D eigenvalue weighted by atomic mass is 16.5. The molecular formula is C28H28N6O4. The Morgan fingerprint density at radius 3 is 2.26 bits per heavy atom. The molecule has 2 saturated heterocycles. The second-order valence-electron chi connectivity index (χ2n) is 10.5. The molecule has 0 spiro atoms. The van der Waals surface area contributed by atoms with Crippen molar-refractivity contribution in [2.24, 2.45) is 23.7 Å². The van der Waals surface area contributed by atoms with Crippen LogP contribution in [-0.2, 0) is 4.74 Å². The number of pyridine rings is 1. The SMILES string of the molecule is COCCOc1cc(C(=O)N2CC3C(C2)[C@@H]2CN(C(=O)c4ccc5n[nH]nc5c4)C[C@H]32)nc2ccccc12. The maximum Gasteiger partial charge on any atom is 0.272 e. The summed E-state index contributed by atoms with van der Waals surface area (Å²) in [5.74, 6) is 2.30. The van der Waals surface area contributed by atoms with Crippen LogP contribution in [0.3, 0.4) is 0 Å². The number of amides is 2. The summed E-state index contributed by atoms with van der Waals surface area (Å²) >= 11 is 0. The number of fused-ring (bicyclic) bond motifs is 6. The summed E-state index contributed by atoms with van der Waals surface area (Å²) in [4.78, 5) is 35.4. The Balaban J connectivity index is 1.04. The van der Waals surface area contributed by atoms with E-state index in [0.29, 0.717) is 72.5 Å². The van der Waals surface area contributed by atoms with Crippen LogP contribution in [0.4, 0.5) is 0 Å². The lowest BCUT2D eigenvalue weighted by molar-refractivity contribution is 0.0629. The van der Waals surface area contributed by atoms with Crippen LogP contribution < -0.4 is 4.74 Å². The van der Waals surface area contributed by atoms with Gasteiger partial charge in [-0.2, -0.15) is 15.4 Å². The van der Waals surface area contributed by atoms with Crippen LogP contribution in [-0.4, -0.2) is 88.5 Å². The monoisotopic (exact) mass is 512 g/mol. The van der Waals surface area contributed by atoms with Gasteiger partial charge in [0.05, 0.1) is 12.1 Å². The molecule has 4 atom stereocenters. The molecule has 0 bridgehead atoms. The zero-order chi connectivity index (χ0) is 25.8. The molecule has 2 unspecified atom stereocenters. The van der Waals surface area contributed by atoms with E-state index in [2.05, 4.69) is 20.4 Å². The lowest BCUT2D eigenvalue weighted by Crippen LogP contribution is -2.44. The van der Waals surface area contributed by atoms with Crippen LogP contribution >= 0.6 is 0 Å². The first kappa shape index (κ1) is 23.1. The van der Waals surface area contributed by atoms with Crippen molar-refractivity contribution in [2.45, 2.75) is 0 Å². The van der Waals surface area contributed by atoms with E-state index < -0.39 is 0 Å². The molecule has 2 aromatic heterocycles. The Labute approximate surface area is 218 Å². The smallest absolute Gasteiger partial charge is 0.272 e. The number of benzene rings is 2.